The van der Waals surface area contributed by atoms with E-state index < -0.39 is 90.8 Å². The quantitative estimate of drug-likeness (QED) is 0.204. The second kappa shape index (κ2) is 19.8. The van der Waals surface area contributed by atoms with E-state index in [9.17, 15) is 20.1 Å². The maximum Gasteiger partial charge on any atom is 0.316 e. The van der Waals surface area contributed by atoms with Crippen molar-refractivity contribution in [2.45, 2.75) is 204 Å². The van der Waals surface area contributed by atoms with Crippen LogP contribution in [0.5, 0.6) is 0 Å². The number of rotatable bonds is 8. The molecule has 3 unspecified atom stereocenters. The van der Waals surface area contributed by atoms with Crippen LogP contribution in [0, 0.1) is 23.7 Å². The molecule has 14 heteroatoms. The summed E-state index contributed by atoms with van der Waals surface area (Å²) >= 11 is 0. The van der Waals surface area contributed by atoms with Gasteiger partial charge < -0.3 is 62.7 Å². The van der Waals surface area contributed by atoms with E-state index >= 15 is 0 Å². The summed E-state index contributed by atoms with van der Waals surface area (Å²) in [6.07, 6.45) is 6.53. The minimum atomic E-state index is -1.82. The summed E-state index contributed by atoms with van der Waals surface area (Å²) < 4.78 is 63.9. The Morgan fingerprint density at radius 3 is 2.35 bits per heavy atom. The maximum atomic E-state index is 14.4. The zero-order chi connectivity index (χ0) is 44.7. The Kier molecular flexibility index (Phi) is 15.3. The van der Waals surface area contributed by atoms with Crippen LogP contribution >= 0.6 is 0 Å². The van der Waals surface area contributed by atoms with Crippen LogP contribution in [-0.4, -0.2) is 139 Å². The largest absolute Gasteiger partial charge is 0.462 e. The van der Waals surface area contributed by atoms with Gasteiger partial charge in [0.2, 0.25) is 0 Å². The Balaban J connectivity index is 1.18. The first-order valence-corrected chi connectivity index (χ1v) is 23.2. The molecule has 20 atom stereocenters. The molecule has 0 amide bonds. The number of esters is 1. The molecule has 0 saturated carbocycles. The molecule has 6 aliphatic heterocycles. The molecule has 0 aromatic rings. The van der Waals surface area contributed by atoms with Gasteiger partial charge in [-0.2, -0.15) is 0 Å². The number of allylic oxidation sites excluding steroid dienone is 2. The van der Waals surface area contributed by atoms with Gasteiger partial charge in [-0.1, -0.05) is 64.5 Å². The van der Waals surface area contributed by atoms with Gasteiger partial charge in [0, 0.05) is 52.2 Å². The van der Waals surface area contributed by atoms with Crippen LogP contribution in [0.1, 0.15) is 107 Å². The van der Waals surface area contributed by atoms with E-state index in [2.05, 4.69) is 40.7 Å². The summed E-state index contributed by atoms with van der Waals surface area (Å²) in [5, 5.41) is 34.2. The molecule has 1 spiro atoms. The summed E-state index contributed by atoms with van der Waals surface area (Å²) in [5.41, 5.74) is 0.188. The van der Waals surface area contributed by atoms with Crippen molar-refractivity contribution >= 4 is 5.97 Å². The molecule has 62 heavy (non-hydrogen) atoms. The Morgan fingerprint density at radius 1 is 0.919 bits per heavy atom. The molecule has 2 bridgehead atoms. The Labute approximate surface area is 368 Å². The average molecular weight is 875 g/mol. The van der Waals surface area contributed by atoms with E-state index in [1.54, 1.807) is 40.2 Å². The number of ether oxygens (including phenoxy) is 10. The van der Waals surface area contributed by atoms with Crippen molar-refractivity contribution in [2.75, 3.05) is 20.8 Å². The predicted molar refractivity (Wildman–Crippen MR) is 227 cm³/mol. The lowest BCUT2D eigenvalue weighted by Gasteiger charge is -2.51. The summed E-state index contributed by atoms with van der Waals surface area (Å²) in [5.74, 6) is -2.10. The third-order valence-corrected chi connectivity index (χ3v) is 14.9. The fourth-order valence-electron chi connectivity index (χ4n) is 11.0. The highest BCUT2D eigenvalue weighted by atomic mass is 16.7. The molecule has 1 aliphatic carbocycles. The van der Waals surface area contributed by atoms with Gasteiger partial charge in [-0.05, 0) is 69.1 Å². The van der Waals surface area contributed by atoms with Crippen molar-refractivity contribution in [1.29, 1.82) is 0 Å². The number of hydrogen-bond acceptors (Lipinski definition) is 14. The molecular formula is C48H74O14. The van der Waals surface area contributed by atoms with Crippen molar-refractivity contribution in [1.82, 2.24) is 0 Å². The molecule has 14 nitrogen and oxygen atoms in total. The number of carbonyl (C=O) groups excluding carboxylic acids is 1. The molecule has 0 radical (unpaired) electrons. The Morgan fingerprint density at radius 2 is 1.63 bits per heavy atom. The summed E-state index contributed by atoms with van der Waals surface area (Å²) in [4.78, 5) is 14.4. The van der Waals surface area contributed by atoms with Crippen LogP contribution in [0.2, 0.25) is 0 Å². The van der Waals surface area contributed by atoms with Crippen LogP contribution in [0.3, 0.4) is 0 Å². The van der Waals surface area contributed by atoms with Crippen molar-refractivity contribution < 1.29 is 67.5 Å². The number of fused-ring (bicyclic) bond motifs is 2. The lowest BCUT2D eigenvalue weighted by atomic mass is 9.71. The zero-order valence-electron chi connectivity index (χ0n) is 38.5. The van der Waals surface area contributed by atoms with Gasteiger partial charge in [-0.3, -0.25) is 4.79 Å². The number of aliphatic hydroxyl groups is 3. The van der Waals surface area contributed by atoms with Crippen molar-refractivity contribution in [3.05, 3.63) is 47.1 Å². The first-order valence-electron chi connectivity index (χ1n) is 23.2. The highest BCUT2D eigenvalue weighted by Gasteiger charge is 2.60. The van der Waals surface area contributed by atoms with Gasteiger partial charge in [0.05, 0.1) is 49.3 Å². The third-order valence-electron chi connectivity index (χ3n) is 14.9. The maximum absolute atomic E-state index is 14.4. The summed E-state index contributed by atoms with van der Waals surface area (Å²) in [6.45, 7) is 16.3. The van der Waals surface area contributed by atoms with Gasteiger partial charge >= 0.3 is 5.97 Å². The van der Waals surface area contributed by atoms with E-state index in [1.165, 1.54) is 0 Å². The average Bonchev–Trinajstić information content (AvgIpc) is 3.58. The second-order valence-electron chi connectivity index (χ2n) is 19.4. The van der Waals surface area contributed by atoms with Gasteiger partial charge in [0.1, 0.15) is 42.0 Å². The standard InChI is InChI=1S/C48H74O14/c1-11-25(2)43-28(5)17-18-47(62-43)23-34-20-33(61-47)16-15-27(4)42(26(3)13-12-14-32-24-55-45-40(49)29(6)19-35(46(51)58-34)48(32,45)52)59-39-22-37(54-10)44(31(8)57-39)60-38-21-36(53-9)41(50)30(7)56-38/h12-15,19,25-26,28,30-31,33-45,49-50,52H,11,16-18,20-24H2,1-10H3/t25?,26-,28-,30-,31-,33+,34-,35-,36-,37-,38-,39?,40+,41-,42-,43+,44?,45+,47+,48+/m0/s1. The molecule has 350 valence electrons. The number of carbonyl (C=O) groups is 1. The van der Waals surface area contributed by atoms with E-state index in [4.69, 9.17) is 47.4 Å². The smallest absolute Gasteiger partial charge is 0.316 e. The van der Waals surface area contributed by atoms with Crippen LogP contribution in [0.4, 0.5) is 0 Å². The van der Waals surface area contributed by atoms with Crippen molar-refractivity contribution in [2.24, 2.45) is 23.7 Å². The lowest BCUT2D eigenvalue weighted by Crippen LogP contribution is -2.58. The van der Waals surface area contributed by atoms with Gasteiger partial charge in [0.25, 0.3) is 0 Å². The van der Waals surface area contributed by atoms with E-state index in [0.717, 1.165) is 18.4 Å². The molecule has 5 saturated heterocycles. The first kappa shape index (κ1) is 47.9. The minimum absolute atomic E-state index is 0.00708. The van der Waals surface area contributed by atoms with Gasteiger partial charge in [-0.15, -0.1) is 0 Å². The Bertz CT molecular complexity index is 1680. The highest BCUT2D eigenvalue weighted by molar-refractivity contribution is 5.78. The molecule has 7 rings (SSSR count). The second-order valence-corrected chi connectivity index (χ2v) is 19.4. The van der Waals surface area contributed by atoms with Gasteiger partial charge in [-0.25, -0.2) is 0 Å². The Hall–Kier alpha value is -2.05. The summed E-state index contributed by atoms with van der Waals surface area (Å²) in [7, 11) is 3.23. The highest BCUT2D eigenvalue weighted by Crippen LogP contribution is 2.48. The third kappa shape index (κ3) is 9.73. The van der Waals surface area contributed by atoms with E-state index in [0.29, 0.717) is 61.5 Å². The fraction of sp³-hybridized carbons (Fsp3) is 0.812. The fourth-order valence-corrected chi connectivity index (χ4v) is 11.0. The molecule has 3 N–H and O–H groups in total. The van der Waals surface area contributed by atoms with Crippen molar-refractivity contribution in [3.8, 4) is 0 Å². The predicted octanol–water partition coefficient (Wildman–Crippen LogP) is 5.60. The molecule has 5 fully saturated rings. The SMILES string of the molecule is CCC(C)[C@H]1O[C@]2(CC[C@@H]1C)C[C@@H]1C[C@@H](CC=C(C)[C@@H](OC3C[C@H](OC)C(O[C@H]4C[C@H](OC)[C@@H](O)[C@H](C)O4)[C@H](C)O3)[C@@H](C)C=CC=C3CO[C@@H]4[C@H](O)C(C)=C[C@@H](C(=O)O1)[C@]34O)O2. The zero-order valence-corrected chi connectivity index (χ0v) is 38.5. The van der Waals surface area contributed by atoms with Crippen LogP contribution in [0.25, 0.3) is 0 Å². The lowest BCUT2D eigenvalue weighted by molar-refractivity contribution is -0.340. The topological polar surface area (TPSA) is 170 Å². The number of methoxy groups -OCH3 is 2. The minimum Gasteiger partial charge on any atom is -0.462 e. The molecule has 0 aromatic carbocycles. The van der Waals surface area contributed by atoms with E-state index in [-0.39, 0.29) is 30.8 Å². The van der Waals surface area contributed by atoms with Gasteiger partial charge in [0.15, 0.2) is 18.4 Å². The number of aliphatic hydroxyl groups excluding tert-OH is 2. The summed E-state index contributed by atoms with van der Waals surface area (Å²) in [6, 6.07) is 0. The molecule has 6 heterocycles. The normalized spacial score (nSPS) is 47.2. The monoisotopic (exact) mass is 875 g/mol. The van der Waals surface area contributed by atoms with Crippen molar-refractivity contribution in [3.63, 3.8) is 0 Å². The van der Waals surface area contributed by atoms with Crippen LogP contribution in [0.15, 0.2) is 47.1 Å². The van der Waals surface area contributed by atoms with Crippen LogP contribution in [-0.2, 0) is 52.2 Å². The first-order chi connectivity index (χ1) is 29.5. The molecule has 0 aromatic heterocycles. The molecule has 7 aliphatic rings. The van der Waals surface area contributed by atoms with E-state index in [1.807, 2.05) is 19.1 Å². The molecular weight excluding hydrogens is 801 g/mol. The van der Waals surface area contributed by atoms with Crippen LogP contribution < -0.4 is 0 Å². The number of hydrogen-bond donors (Lipinski definition) is 3.